The summed E-state index contributed by atoms with van der Waals surface area (Å²) in [6.45, 7) is 1.85. The van der Waals surface area contributed by atoms with Crippen LogP contribution in [0.4, 0.5) is 0 Å². The molecule has 0 bridgehead atoms. The lowest BCUT2D eigenvalue weighted by Gasteiger charge is -2.38. The van der Waals surface area contributed by atoms with E-state index >= 15 is 0 Å². The number of amides is 1. The highest BCUT2D eigenvalue weighted by atomic mass is 35.5. The summed E-state index contributed by atoms with van der Waals surface area (Å²) in [6, 6.07) is 0. The van der Waals surface area contributed by atoms with Gasteiger partial charge in [-0.15, -0.1) is 11.6 Å². The highest BCUT2D eigenvalue weighted by Gasteiger charge is 2.38. The first-order chi connectivity index (χ1) is 6.76. The Morgan fingerprint density at radius 1 is 1.36 bits per heavy atom. The second-order valence-electron chi connectivity index (χ2n) is 4.32. The van der Waals surface area contributed by atoms with Crippen molar-refractivity contribution >= 4 is 29.3 Å². The summed E-state index contributed by atoms with van der Waals surface area (Å²) < 4.78 is 0. The van der Waals surface area contributed by atoms with Crippen LogP contribution in [0, 0.1) is 5.41 Å². The Morgan fingerprint density at radius 2 is 2.07 bits per heavy atom. The lowest BCUT2D eigenvalue weighted by molar-refractivity contribution is -0.130. The number of alkyl halides is 1. The van der Waals surface area contributed by atoms with Crippen LogP contribution in [0.3, 0.4) is 0 Å². The van der Waals surface area contributed by atoms with E-state index in [1.54, 1.807) is 0 Å². The molecule has 2 nitrogen and oxygen atoms in total. The number of rotatable bonds is 1. The van der Waals surface area contributed by atoms with Crippen LogP contribution >= 0.6 is 23.4 Å². The van der Waals surface area contributed by atoms with Crippen molar-refractivity contribution in [2.45, 2.75) is 19.3 Å². The van der Waals surface area contributed by atoms with Gasteiger partial charge < -0.3 is 4.90 Å². The summed E-state index contributed by atoms with van der Waals surface area (Å²) >= 11 is 7.61. The predicted molar refractivity (Wildman–Crippen MR) is 60.9 cm³/mol. The minimum atomic E-state index is 0.104. The molecule has 0 unspecified atom stereocenters. The molecule has 2 fully saturated rings. The Bertz CT molecular complexity index is 218. The maximum Gasteiger partial charge on any atom is 0.237 e. The summed E-state index contributed by atoms with van der Waals surface area (Å²) in [5.74, 6) is 2.85. The van der Waals surface area contributed by atoms with E-state index in [1.807, 2.05) is 4.90 Å². The number of hydrogen-bond acceptors (Lipinski definition) is 2. The molecule has 0 aromatic rings. The minimum Gasteiger partial charge on any atom is -0.342 e. The summed E-state index contributed by atoms with van der Waals surface area (Å²) in [4.78, 5) is 13.3. The van der Waals surface area contributed by atoms with Crippen molar-refractivity contribution in [1.29, 1.82) is 0 Å². The van der Waals surface area contributed by atoms with Gasteiger partial charge in [0.05, 0.1) is 0 Å². The second kappa shape index (κ2) is 4.31. The molecule has 2 aliphatic rings. The molecule has 0 N–H and O–H groups in total. The van der Waals surface area contributed by atoms with E-state index in [0.29, 0.717) is 5.41 Å². The quantitative estimate of drug-likeness (QED) is 0.646. The van der Waals surface area contributed by atoms with Crippen molar-refractivity contribution in [1.82, 2.24) is 4.90 Å². The molecule has 2 saturated heterocycles. The molecule has 1 amide bonds. The predicted octanol–water partition coefficient (Wildman–Crippen LogP) is 1.97. The van der Waals surface area contributed by atoms with Gasteiger partial charge in [-0.3, -0.25) is 4.79 Å². The van der Waals surface area contributed by atoms with Crippen LogP contribution < -0.4 is 0 Å². The van der Waals surface area contributed by atoms with Crippen LogP contribution in [0.15, 0.2) is 0 Å². The fraction of sp³-hybridized carbons (Fsp3) is 0.900. The van der Waals surface area contributed by atoms with Gasteiger partial charge in [0.25, 0.3) is 0 Å². The Morgan fingerprint density at radius 3 is 2.57 bits per heavy atom. The number of nitrogens with zero attached hydrogens (tertiary/aromatic N) is 1. The third kappa shape index (κ3) is 2.03. The van der Waals surface area contributed by atoms with Gasteiger partial charge in [-0.25, -0.2) is 0 Å². The fourth-order valence-corrected chi connectivity index (χ4v) is 4.12. The molecule has 4 heteroatoms. The molecule has 0 aliphatic carbocycles. The number of piperidine rings is 1. The molecule has 0 saturated carbocycles. The number of carbonyl (C=O) groups is 1. The number of likely N-dealkylation sites (tertiary alicyclic amines) is 1. The van der Waals surface area contributed by atoms with Crippen molar-refractivity contribution in [2.24, 2.45) is 5.41 Å². The molecule has 0 atom stereocenters. The van der Waals surface area contributed by atoms with Crippen molar-refractivity contribution in [3.05, 3.63) is 0 Å². The third-order valence-corrected chi connectivity index (χ3v) is 5.01. The lowest BCUT2D eigenvalue weighted by Crippen LogP contribution is -2.43. The van der Waals surface area contributed by atoms with Crippen LogP contribution in [0.1, 0.15) is 19.3 Å². The summed E-state index contributed by atoms with van der Waals surface area (Å²) in [7, 11) is 0. The van der Waals surface area contributed by atoms with Crippen LogP contribution in [-0.2, 0) is 4.79 Å². The molecule has 80 valence electrons. The largest absolute Gasteiger partial charge is 0.342 e. The van der Waals surface area contributed by atoms with E-state index in [4.69, 9.17) is 11.6 Å². The first-order valence-corrected chi connectivity index (χ1v) is 6.86. The SMILES string of the molecule is O=C(CCl)N1CCC2(CCSC2)CC1. The first kappa shape index (κ1) is 10.6. The van der Waals surface area contributed by atoms with Crippen molar-refractivity contribution in [3.8, 4) is 0 Å². The van der Waals surface area contributed by atoms with Crippen LogP contribution in [-0.4, -0.2) is 41.3 Å². The highest BCUT2D eigenvalue weighted by Crippen LogP contribution is 2.44. The maximum absolute atomic E-state index is 11.4. The summed E-state index contributed by atoms with van der Waals surface area (Å²) in [6.07, 6.45) is 3.71. The Hall–Kier alpha value is 0.110. The van der Waals surface area contributed by atoms with Gasteiger partial charge in [0, 0.05) is 13.1 Å². The fourth-order valence-electron chi connectivity index (χ4n) is 2.36. The number of carbonyl (C=O) groups excluding carboxylic acids is 1. The van der Waals surface area contributed by atoms with Crippen LogP contribution in [0.2, 0.25) is 0 Å². The number of hydrogen-bond donors (Lipinski definition) is 0. The zero-order chi connectivity index (χ0) is 10.0. The van der Waals surface area contributed by atoms with Gasteiger partial charge in [0.15, 0.2) is 0 Å². The van der Waals surface area contributed by atoms with Gasteiger partial charge in [-0.2, -0.15) is 11.8 Å². The Balaban J connectivity index is 1.88. The first-order valence-electron chi connectivity index (χ1n) is 5.17. The normalized spacial score (nSPS) is 25.6. The van der Waals surface area contributed by atoms with Crippen molar-refractivity contribution in [3.63, 3.8) is 0 Å². The summed E-state index contributed by atoms with van der Waals surface area (Å²) in [5.41, 5.74) is 0.563. The topological polar surface area (TPSA) is 20.3 Å². The van der Waals surface area contributed by atoms with E-state index in [2.05, 4.69) is 11.8 Å². The zero-order valence-corrected chi connectivity index (χ0v) is 9.87. The third-order valence-electron chi connectivity index (χ3n) is 3.48. The van der Waals surface area contributed by atoms with Crippen LogP contribution in [0.5, 0.6) is 0 Å². The molecule has 2 heterocycles. The van der Waals surface area contributed by atoms with Crippen molar-refractivity contribution < 1.29 is 4.79 Å². The standard InChI is InChI=1S/C10H16ClNOS/c11-7-9(13)12-4-1-10(2-5-12)3-6-14-8-10/h1-8H2. The van der Waals surface area contributed by atoms with E-state index in [-0.39, 0.29) is 11.8 Å². The molecule has 0 aromatic carbocycles. The Kier molecular flexibility index (Phi) is 3.27. The van der Waals surface area contributed by atoms with Gasteiger partial charge in [0.1, 0.15) is 5.88 Å². The second-order valence-corrected chi connectivity index (χ2v) is 5.69. The smallest absolute Gasteiger partial charge is 0.237 e. The van der Waals surface area contributed by atoms with Crippen molar-refractivity contribution in [2.75, 3.05) is 30.5 Å². The molecule has 14 heavy (non-hydrogen) atoms. The van der Waals surface area contributed by atoms with E-state index in [1.165, 1.54) is 30.8 Å². The monoisotopic (exact) mass is 233 g/mol. The average molecular weight is 234 g/mol. The van der Waals surface area contributed by atoms with E-state index < -0.39 is 0 Å². The lowest BCUT2D eigenvalue weighted by atomic mass is 9.78. The maximum atomic E-state index is 11.4. The molecule has 2 rings (SSSR count). The van der Waals surface area contributed by atoms with Gasteiger partial charge in [-0.1, -0.05) is 0 Å². The van der Waals surface area contributed by atoms with Gasteiger partial charge in [-0.05, 0) is 36.2 Å². The highest BCUT2D eigenvalue weighted by molar-refractivity contribution is 7.99. The van der Waals surface area contributed by atoms with Gasteiger partial charge >= 0.3 is 0 Å². The Labute approximate surface area is 94.4 Å². The molecule has 2 aliphatic heterocycles. The molecule has 1 spiro atoms. The minimum absolute atomic E-state index is 0.104. The number of halogens is 1. The van der Waals surface area contributed by atoms with Gasteiger partial charge in [0.2, 0.25) is 5.91 Å². The molecular formula is C10H16ClNOS. The van der Waals surface area contributed by atoms with Crippen LogP contribution in [0.25, 0.3) is 0 Å². The molecular weight excluding hydrogens is 218 g/mol. The van der Waals surface area contributed by atoms with E-state index in [9.17, 15) is 4.79 Å². The molecule has 0 radical (unpaired) electrons. The average Bonchev–Trinajstić information content (AvgIpc) is 2.67. The number of thioether (sulfide) groups is 1. The van der Waals surface area contributed by atoms with E-state index in [0.717, 1.165) is 13.1 Å². The molecule has 0 aromatic heterocycles. The zero-order valence-electron chi connectivity index (χ0n) is 8.30. The summed E-state index contributed by atoms with van der Waals surface area (Å²) in [5, 5.41) is 0.